The molecule has 0 bridgehead atoms. The van der Waals surface area contributed by atoms with Crippen molar-refractivity contribution in [3.05, 3.63) is 21.9 Å². The Bertz CT molecular complexity index is 406. The zero-order valence-corrected chi connectivity index (χ0v) is 11.5. The van der Waals surface area contributed by atoms with Gasteiger partial charge in [0.05, 0.1) is 13.5 Å². The summed E-state index contributed by atoms with van der Waals surface area (Å²) in [6.45, 7) is 1.83. The number of esters is 1. The van der Waals surface area contributed by atoms with Gasteiger partial charge in [0.25, 0.3) is 0 Å². The van der Waals surface area contributed by atoms with E-state index in [1.807, 2.05) is 6.07 Å². The third-order valence-corrected chi connectivity index (χ3v) is 3.57. The molecule has 0 saturated carbocycles. The van der Waals surface area contributed by atoms with E-state index in [2.05, 4.69) is 22.0 Å². The second-order valence-corrected chi connectivity index (χ2v) is 5.21. The van der Waals surface area contributed by atoms with E-state index in [-0.39, 0.29) is 5.97 Å². The van der Waals surface area contributed by atoms with Crippen LogP contribution in [0.5, 0.6) is 0 Å². The third kappa shape index (κ3) is 5.85. The molecule has 1 N–H and O–H groups in total. The molecule has 18 heavy (non-hydrogen) atoms. The van der Waals surface area contributed by atoms with Crippen LogP contribution in [0.2, 0.25) is 0 Å². The van der Waals surface area contributed by atoms with Crippen LogP contribution in [0.25, 0.3) is 0 Å². The van der Waals surface area contributed by atoms with Crippen molar-refractivity contribution in [2.45, 2.75) is 32.2 Å². The Labute approximate surface area is 113 Å². The van der Waals surface area contributed by atoms with E-state index in [9.17, 15) is 4.79 Å². The summed E-state index contributed by atoms with van der Waals surface area (Å²) in [5.74, 6) is 2.44. The summed E-state index contributed by atoms with van der Waals surface area (Å²) < 4.78 is 4.64. The van der Waals surface area contributed by atoms with Crippen LogP contribution in [0.4, 0.5) is 0 Å². The fourth-order valence-corrected chi connectivity index (χ4v) is 2.49. The average Bonchev–Trinajstić information content (AvgIpc) is 2.81. The van der Waals surface area contributed by atoms with E-state index in [0.29, 0.717) is 6.42 Å². The summed E-state index contributed by atoms with van der Waals surface area (Å²) >= 11 is 1.65. The molecule has 1 rings (SSSR count). The minimum atomic E-state index is -0.189. The van der Waals surface area contributed by atoms with Gasteiger partial charge in [-0.2, -0.15) is 0 Å². The summed E-state index contributed by atoms with van der Waals surface area (Å²) in [6, 6.07) is 4.04. The highest BCUT2D eigenvalue weighted by molar-refractivity contribution is 7.12. The second-order valence-electron chi connectivity index (χ2n) is 3.96. The van der Waals surface area contributed by atoms with Crippen LogP contribution in [0.3, 0.4) is 0 Å². The van der Waals surface area contributed by atoms with Crippen molar-refractivity contribution >= 4 is 17.3 Å². The minimum absolute atomic E-state index is 0.189. The van der Waals surface area contributed by atoms with E-state index in [0.717, 1.165) is 37.2 Å². The number of methoxy groups -OCH3 is 1. The van der Waals surface area contributed by atoms with Gasteiger partial charge in [0, 0.05) is 22.7 Å². The lowest BCUT2D eigenvalue weighted by Crippen LogP contribution is -2.13. The molecule has 0 atom stereocenters. The van der Waals surface area contributed by atoms with Gasteiger partial charge in [-0.15, -0.1) is 23.7 Å². The molecule has 0 unspecified atom stereocenters. The molecule has 4 heteroatoms. The Morgan fingerprint density at radius 1 is 1.44 bits per heavy atom. The lowest BCUT2D eigenvalue weighted by molar-refractivity contribution is -0.139. The van der Waals surface area contributed by atoms with Gasteiger partial charge in [-0.25, -0.2) is 0 Å². The lowest BCUT2D eigenvalue weighted by Gasteiger charge is -2.01. The Morgan fingerprint density at radius 3 is 2.94 bits per heavy atom. The summed E-state index contributed by atoms with van der Waals surface area (Å²) in [5, 5.41) is 3.37. The topological polar surface area (TPSA) is 38.3 Å². The van der Waals surface area contributed by atoms with Crippen molar-refractivity contribution < 1.29 is 9.53 Å². The number of hydrogen-bond acceptors (Lipinski definition) is 4. The van der Waals surface area contributed by atoms with Crippen LogP contribution in [0.15, 0.2) is 12.1 Å². The Kier molecular flexibility index (Phi) is 7.16. The van der Waals surface area contributed by atoms with Crippen LogP contribution in [-0.4, -0.2) is 19.6 Å². The van der Waals surface area contributed by atoms with Crippen LogP contribution < -0.4 is 5.32 Å². The van der Waals surface area contributed by atoms with E-state index in [4.69, 9.17) is 6.42 Å². The first-order valence-corrected chi connectivity index (χ1v) is 6.86. The number of terminal acetylenes is 1. The van der Waals surface area contributed by atoms with E-state index >= 15 is 0 Å². The maximum absolute atomic E-state index is 11.1. The van der Waals surface area contributed by atoms with Gasteiger partial charge in [-0.05, 0) is 31.5 Å². The van der Waals surface area contributed by atoms with Gasteiger partial charge in [-0.1, -0.05) is 0 Å². The predicted molar refractivity (Wildman–Crippen MR) is 74.4 cm³/mol. The maximum Gasteiger partial charge on any atom is 0.310 e. The Hall–Kier alpha value is -1.31. The summed E-state index contributed by atoms with van der Waals surface area (Å²) in [7, 11) is 1.41. The molecule has 0 aromatic carbocycles. The van der Waals surface area contributed by atoms with Crippen molar-refractivity contribution in [2.24, 2.45) is 0 Å². The van der Waals surface area contributed by atoms with Gasteiger partial charge in [-0.3, -0.25) is 4.79 Å². The molecule has 0 aliphatic carbocycles. The molecule has 1 aromatic rings. The molecule has 1 heterocycles. The molecule has 0 spiro atoms. The smallest absolute Gasteiger partial charge is 0.310 e. The lowest BCUT2D eigenvalue weighted by atomic mass is 10.2. The fraction of sp³-hybridized carbons (Fsp3) is 0.500. The van der Waals surface area contributed by atoms with Crippen LogP contribution in [0.1, 0.15) is 29.0 Å². The molecule has 0 fully saturated rings. The maximum atomic E-state index is 11.1. The first kappa shape index (κ1) is 14.7. The Balaban J connectivity index is 2.19. The normalized spacial score (nSPS) is 10.0. The number of nitrogens with one attached hydrogen (secondary N) is 1. The monoisotopic (exact) mass is 265 g/mol. The molecule has 0 aliphatic heterocycles. The molecule has 1 aromatic heterocycles. The zero-order valence-electron chi connectivity index (χ0n) is 10.7. The predicted octanol–water partition coefficient (Wildman–Crippen LogP) is 2.36. The molecule has 3 nitrogen and oxygen atoms in total. The third-order valence-electron chi connectivity index (χ3n) is 2.49. The SMILES string of the molecule is C#CCCCCNCc1ccc(CC(=O)OC)s1. The highest BCUT2D eigenvalue weighted by Gasteiger charge is 2.05. The van der Waals surface area contributed by atoms with Crippen molar-refractivity contribution in [3.8, 4) is 12.3 Å². The largest absolute Gasteiger partial charge is 0.469 e. The van der Waals surface area contributed by atoms with E-state index in [1.54, 1.807) is 11.3 Å². The van der Waals surface area contributed by atoms with Crippen LogP contribution in [-0.2, 0) is 22.5 Å². The highest BCUT2D eigenvalue weighted by atomic mass is 32.1. The number of ether oxygens (including phenoxy) is 1. The average molecular weight is 265 g/mol. The first-order chi connectivity index (χ1) is 8.76. The molecule has 98 valence electrons. The van der Waals surface area contributed by atoms with Gasteiger partial charge in [0.1, 0.15) is 0 Å². The Morgan fingerprint density at radius 2 is 2.22 bits per heavy atom. The first-order valence-electron chi connectivity index (χ1n) is 6.05. The summed E-state index contributed by atoms with van der Waals surface area (Å²) in [5.41, 5.74) is 0. The summed E-state index contributed by atoms with van der Waals surface area (Å²) in [6.07, 6.45) is 8.57. The number of rotatable bonds is 8. The van der Waals surface area contributed by atoms with Crippen molar-refractivity contribution in [3.63, 3.8) is 0 Å². The number of carbonyl (C=O) groups is 1. The number of hydrogen-bond donors (Lipinski definition) is 1. The van der Waals surface area contributed by atoms with Crippen LogP contribution >= 0.6 is 11.3 Å². The zero-order chi connectivity index (χ0) is 13.2. The molecule has 0 amide bonds. The minimum Gasteiger partial charge on any atom is -0.469 e. The standard InChI is InChI=1S/C14H19NO2S/c1-3-4-5-6-9-15-11-13-8-7-12(18-13)10-14(16)17-2/h1,7-8,15H,4-6,9-11H2,2H3. The highest BCUT2D eigenvalue weighted by Crippen LogP contribution is 2.17. The van der Waals surface area contributed by atoms with Gasteiger partial charge in [0.2, 0.25) is 0 Å². The van der Waals surface area contributed by atoms with Gasteiger partial charge >= 0.3 is 5.97 Å². The molecule has 0 aliphatic rings. The number of carbonyl (C=O) groups excluding carboxylic acids is 1. The van der Waals surface area contributed by atoms with Crippen molar-refractivity contribution in [2.75, 3.05) is 13.7 Å². The summed E-state index contributed by atoms with van der Waals surface area (Å²) in [4.78, 5) is 13.4. The van der Waals surface area contributed by atoms with Gasteiger partial charge in [0.15, 0.2) is 0 Å². The van der Waals surface area contributed by atoms with Crippen molar-refractivity contribution in [1.82, 2.24) is 5.32 Å². The van der Waals surface area contributed by atoms with E-state index < -0.39 is 0 Å². The molecule has 0 saturated heterocycles. The molecular weight excluding hydrogens is 246 g/mol. The van der Waals surface area contributed by atoms with Gasteiger partial charge < -0.3 is 10.1 Å². The van der Waals surface area contributed by atoms with Crippen molar-refractivity contribution in [1.29, 1.82) is 0 Å². The second kappa shape index (κ2) is 8.73. The fourth-order valence-electron chi connectivity index (χ4n) is 1.52. The van der Waals surface area contributed by atoms with Crippen LogP contribution in [0, 0.1) is 12.3 Å². The quantitative estimate of drug-likeness (QED) is 0.445. The van der Waals surface area contributed by atoms with E-state index in [1.165, 1.54) is 12.0 Å². The number of thiophene rings is 1. The number of unbranched alkanes of at least 4 members (excludes halogenated alkanes) is 2. The molecule has 0 radical (unpaired) electrons. The molecular formula is C14H19NO2S.